The number of nitrogens with one attached hydrogen (secondary N) is 1. The van der Waals surface area contributed by atoms with Crippen molar-refractivity contribution in [3.8, 4) is 0 Å². The van der Waals surface area contributed by atoms with Crippen LogP contribution in [0.5, 0.6) is 0 Å². The van der Waals surface area contributed by atoms with Gasteiger partial charge in [-0.2, -0.15) is 0 Å². The minimum Gasteiger partial charge on any atom is -0.382 e. The number of oxime groups is 1. The van der Waals surface area contributed by atoms with Crippen LogP contribution in [0.2, 0.25) is 0 Å². The fraction of sp³-hybridized carbons (Fsp3) is 0.636. The number of hydrogen-bond acceptors (Lipinski definition) is 5. The number of carbonyl (C=O) groups is 1. The SMILES string of the molecule is CC(C)C1=NOC(C(=O)NCCn2ccnn2)C1. The van der Waals surface area contributed by atoms with Crippen LogP contribution in [0.3, 0.4) is 0 Å². The Morgan fingerprint density at radius 3 is 3.11 bits per heavy atom. The van der Waals surface area contributed by atoms with E-state index in [1.165, 1.54) is 0 Å². The van der Waals surface area contributed by atoms with Gasteiger partial charge in [0.25, 0.3) is 5.91 Å². The van der Waals surface area contributed by atoms with E-state index >= 15 is 0 Å². The zero-order valence-corrected chi connectivity index (χ0v) is 10.5. The lowest BCUT2D eigenvalue weighted by atomic mass is 10.0. The molecule has 1 atom stereocenters. The molecule has 1 aromatic heterocycles. The molecule has 1 aliphatic rings. The molecular formula is C11H17N5O2. The summed E-state index contributed by atoms with van der Waals surface area (Å²) in [5.41, 5.74) is 0.937. The predicted octanol–water partition coefficient (Wildman–Crippen LogP) is 0.195. The van der Waals surface area contributed by atoms with E-state index in [4.69, 9.17) is 4.84 Å². The van der Waals surface area contributed by atoms with Gasteiger partial charge in [0.15, 0.2) is 0 Å². The van der Waals surface area contributed by atoms with Gasteiger partial charge < -0.3 is 10.2 Å². The molecule has 98 valence electrons. The molecule has 0 saturated heterocycles. The van der Waals surface area contributed by atoms with E-state index in [-0.39, 0.29) is 5.91 Å². The van der Waals surface area contributed by atoms with E-state index in [2.05, 4.69) is 20.8 Å². The molecule has 7 nitrogen and oxygen atoms in total. The van der Waals surface area contributed by atoms with Crippen LogP contribution in [-0.2, 0) is 16.2 Å². The smallest absolute Gasteiger partial charge is 0.264 e. The normalized spacial score (nSPS) is 18.6. The number of carbonyl (C=O) groups excluding carboxylic acids is 1. The van der Waals surface area contributed by atoms with Gasteiger partial charge in [0, 0.05) is 19.2 Å². The van der Waals surface area contributed by atoms with Crippen molar-refractivity contribution in [1.29, 1.82) is 0 Å². The number of rotatable bonds is 5. The molecule has 0 aromatic carbocycles. The van der Waals surface area contributed by atoms with E-state index in [0.717, 1.165) is 5.71 Å². The fourth-order valence-corrected chi connectivity index (χ4v) is 1.64. The van der Waals surface area contributed by atoms with Crippen molar-refractivity contribution in [3.05, 3.63) is 12.4 Å². The van der Waals surface area contributed by atoms with Crippen molar-refractivity contribution in [2.45, 2.75) is 32.9 Å². The highest BCUT2D eigenvalue weighted by Crippen LogP contribution is 2.15. The molecule has 0 spiro atoms. The van der Waals surface area contributed by atoms with E-state index in [1.807, 2.05) is 13.8 Å². The first-order valence-corrected chi connectivity index (χ1v) is 6.01. The zero-order chi connectivity index (χ0) is 13.0. The van der Waals surface area contributed by atoms with Gasteiger partial charge in [0.1, 0.15) is 0 Å². The van der Waals surface area contributed by atoms with E-state index in [1.54, 1.807) is 17.1 Å². The lowest BCUT2D eigenvalue weighted by Crippen LogP contribution is -2.36. The summed E-state index contributed by atoms with van der Waals surface area (Å²) in [5, 5.41) is 14.2. The number of aromatic nitrogens is 3. The summed E-state index contributed by atoms with van der Waals surface area (Å²) in [6.45, 7) is 5.16. The molecule has 0 aliphatic carbocycles. The summed E-state index contributed by atoms with van der Waals surface area (Å²) in [5.74, 6) is 0.187. The minimum atomic E-state index is -0.488. The zero-order valence-electron chi connectivity index (χ0n) is 10.5. The Morgan fingerprint density at radius 1 is 1.67 bits per heavy atom. The summed E-state index contributed by atoms with van der Waals surface area (Å²) in [6.07, 6.45) is 3.44. The summed E-state index contributed by atoms with van der Waals surface area (Å²) in [4.78, 5) is 16.9. The van der Waals surface area contributed by atoms with Crippen molar-refractivity contribution in [2.24, 2.45) is 11.1 Å². The Balaban J connectivity index is 1.70. The first-order valence-electron chi connectivity index (χ1n) is 6.01. The quantitative estimate of drug-likeness (QED) is 0.810. The van der Waals surface area contributed by atoms with Gasteiger partial charge in [-0.3, -0.25) is 9.48 Å². The number of amides is 1. The van der Waals surface area contributed by atoms with Crippen LogP contribution >= 0.6 is 0 Å². The molecule has 1 aromatic rings. The molecule has 0 fully saturated rings. The third-order valence-electron chi connectivity index (χ3n) is 2.76. The second kappa shape index (κ2) is 5.61. The van der Waals surface area contributed by atoms with Crippen LogP contribution in [0.4, 0.5) is 0 Å². The molecule has 18 heavy (non-hydrogen) atoms. The molecule has 0 saturated carbocycles. The highest BCUT2D eigenvalue weighted by Gasteiger charge is 2.28. The third kappa shape index (κ3) is 3.06. The number of hydrogen-bond donors (Lipinski definition) is 1. The van der Waals surface area contributed by atoms with Crippen LogP contribution < -0.4 is 5.32 Å². The van der Waals surface area contributed by atoms with Crippen LogP contribution in [-0.4, -0.2) is 39.3 Å². The molecule has 1 aliphatic heterocycles. The van der Waals surface area contributed by atoms with E-state index < -0.39 is 6.10 Å². The topological polar surface area (TPSA) is 81.4 Å². The average Bonchev–Trinajstić information content (AvgIpc) is 2.99. The second-order valence-corrected chi connectivity index (χ2v) is 4.49. The van der Waals surface area contributed by atoms with Crippen LogP contribution in [0.1, 0.15) is 20.3 Å². The third-order valence-corrected chi connectivity index (χ3v) is 2.76. The average molecular weight is 251 g/mol. The van der Waals surface area contributed by atoms with Crippen LogP contribution in [0.25, 0.3) is 0 Å². The fourth-order valence-electron chi connectivity index (χ4n) is 1.64. The molecule has 2 heterocycles. The Labute approximate surface area is 105 Å². The van der Waals surface area contributed by atoms with E-state index in [9.17, 15) is 4.79 Å². The largest absolute Gasteiger partial charge is 0.382 e. The lowest BCUT2D eigenvalue weighted by Gasteiger charge is -2.09. The first-order chi connectivity index (χ1) is 8.66. The van der Waals surface area contributed by atoms with Crippen LogP contribution in [0, 0.1) is 5.92 Å². The summed E-state index contributed by atoms with van der Waals surface area (Å²) in [7, 11) is 0. The summed E-state index contributed by atoms with van der Waals surface area (Å²) in [6, 6.07) is 0. The van der Waals surface area contributed by atoms with Crippen molar-refractivity contribution < 1.29 is 9.63 Å². The van der Waals surface area contributed by atoms with Gasteiger partial charge in [-0.1, -0.05) is 24.2 Å². The molecule has 2 rings (SSSR count). The van der Waals surface area contributed by atoms with Gasteiger partial charge in [-0.25, -0.2) is 0 Å². The van der Waals surface area contributed by atoms with Gasteiger partial charge in [0.2, 0.25) is 6.10 Å². The van der Waals surface area contributed by atoms with Crippen molar-refractivity contribution >= 4 is 11.6 Å². The standard InChI is InChI=1S/C11H17N5O2/c1-8(2)9-7-10(18-14-9)11(17)12-3-5-16-6-4-13-15-16/h4,6,8,10H,3,5,7H2,1-2H3,(H,12,17). The molecule has 1 amide bonds. The molecule has 7 heteroatoms. The number of nitrogens with zero attached hydrogens (tertiary/aromatic N) is 4. The maximum atomic E-state index is 11.8. The Bertz CT molecular complexity index is 427. The van der Waals surface area contributed by atoms with Crippen molar-refractivity contribution in [3.63, 3.8) is 0 Å². The molecule has 1 unspecified atom stereocenters. The lowest BCUT2D eigenvalue weighted by molar-refractivity contribution is -0.131. The molecule has 0 radical (unpaired) electrons. The minimum absolute atomic E-state index is 0.130. The molecular weight excluding hydrogens is 234 g/mol. The highest BCUT2D eigenvalue weighted by molar-refractivity contribution is 5.93. The maximum absolute atomic E-state index is 11.8. The highest BCUT2D eigenvalue weighted by atomic mass is 16.6. The van der Waals surface area contributed by atoms with Gasteiger partial charge in [0.05, 0.1) is 18.5 Å². The second-order valence-electron chi connectivity index (χ2n) is 4.49. The van der Waals surface area contributed by atoms with Crippen molar-refractivity contribution in [2.75, 3.05) is 6.54 Å². The molecule has 0 bridgehead atoms. The monoisotopic (exact) mass is 251 g/mol. The Morgan fingerprint density at radius 2 is 2.50 bits per heavy atom. The predicted molar refractivity (Wildman–Crippen MR) is 64.8 cm³/mol. The van der Waals surface area contributed by atoms with E-state index in [0.29, 0.717) is 25.4 Å². The van der Waals surface area contributed by atoms with Gasteiger partial charge >= 0.3 is 0 Å². The summed E-state index contributed by atoms with van der Waals surface area (Å²) >= 11 is 0. The van der Waals surface area contributed by atoms with Gasteiger partial charge in [-0.05, 0) is 5.92 Å². The Hall–Kier alpha value is -1.92. The summed E-state index contributed by atoms with van der Waals surface area (Å²) < 4.78 is 1.66. The van der Waals surface area contributed by atoms with Crippen LogP contribution in [0.15, 0.2) is 17.5 Å². The Kier molecular flexibility index (Phi) is 3.91. The maximum Gasteiger partial charge on any atom is 0.264 e. The van der Waals surface area contributed by atoms with Crippen molar-refractivity contribution in [1.82, 2.24) is 20.3 Å². The first kappa shape index (κ1) is 12.5. The molecule has 1 N–H and O–H groups in total. The van der Waals surface area contributed by atoms with Gasteiger partial charge in [-0.15, -0.1) is 5.10 Å².